The average Bonchev–Trinajstić information content (AvgIpc) is 2.99. The van der Waals surface area contributed by atoms with E-state index in [-0.39, 0.29) is 0 Å². The third kappa shape index (κ3) is 2.79. The molecule has 2 aromatic rings. The first-order valence-corrected chi connectivity index (χ1v) is 8.33. The van der Waals surface area contributed by atoms with Gasteiger partial charge in [0.2, 0.25) is 0 Å². The number of hydrogen-bond donors (Lipinski definition) is 0. The predicted octanol–water partition coefficient (Wildman–Crippen LogP) is 3.76. The molecule has 1 unspecified atom stereocenters. The van der Waals surface area contributed by atoms with Crippen molar-refractivity contribution in [2.45, 2.75) is 24.7 Å². The molecule has 0 radical (unpaired) electrons. The molecule has 3 heterocycles. The van der Waals surface area contributed by atoms with E-state index in [1.54, 1.807) is 11.3 Å². The standard InChI is InChI=1S/C12H13ClN2OS2/c13-11-9-3-5-18-12(9)15-10(14-11)7-17-6-8-2-1-4-16-8/h3,5,8H,1-2,4,6-7H2. The van der Waals surface area contributed by atoms with Crippen molar-refractivity contribution in [3.05, 3.63) is 22.4 Å². The molecular weight excluding hydrogens is 288 g/mol. The molecular formula is C12H13ClN2OS2. The van der Waals surface area contributed by atoms with Crippen LogP contribution in [-0.4, -0.2) is 28.4 Å². The van der Waals surface area contributed by atoms with Gasteiger partial charge in [-0.05, 0) is 24.3 Å². The second kappa shape index (κ2) is 5.74. The van der Waals surface area contributed by atoms with E-state index in [2.05, 4.69) is 9.97 Å². The zero-order chi connectivity index (χ0) is 12.4. The zero-order valence-electron chi connectivity index (χ0n) is 9.76. The van der Waals surface area contributed by atoms with Crippen LogP contribution in [0.5, 0.6) is 0 Å². The number of rotatable bonds is 4. The van der Waals surface area contributed by atoms with Crippen LogP contribution < -0.4 is 0 Å². The monoisotopic (exact) mass is 300 g/mol. The third-order valence-electron chi connectivity index (χ3n) is 2.88. The lowest BCUT2D eigenvalue weighted by Gasteiger charge is -2.08. The number of aromatic nitrogens is 2. The molecule has 2 aromatic heterocycles. The highest BCUT2D eigenvalue weighted by atomic mass is 35.5. The van der Waals surface area contributed by atoms with Crippen LogP contribution in [0, 0.1) is 0 Å². The summed E-state index contributed by atoms with van der Waals surface area (Å²) < 4.78 is 5.59. The highest BCUT2D eigenvalue weighted by molar-refractivity contribution is 7.98. The number of ether oxygens (including phenoxy) is 1. The van der Waals surface area contributed by atoms with Crippen molar-refractivity contribution >= 4 is 44.9 Å². The van der Waals surface area contributed by atoms with Crippen molar-refractivity contribution in [1.82, 2.24) is 9.97 Å². The Balaban J connectivity index is 1.63. The molecule has 1 aliphatic rings. The second-order valence-electron chi connectivity index (χ2n) is 4.22. The molecule has 0 aromatic carbocycles. The van der Waals surface area contributed by atoms with Gasteiger partial charge in [-0.25, -0.2) is 9.97 Å². The molecule has 96 valence electrons. The molecule has 6 heteroatoms. The lowest BCUT2D eigenvalue weighted by Crippen LogP contribution is -2.08. The maximum absolute atomic E-state index is 6.13. The van der Waals surface area contributed by atoms with Crippen molar-refractivity contribution in [3.63, 3.8) is 0 Å². The summed E-state index contributed by atoms with van der Waals surface area (Å²) in [5, 5.41) is 3.51. The summed E-state index contributed by atoms with van der Waals surface area (Å²) in [7, 11) is 0. The molecule has 1 fully saturated rings. The van der Waals surface area contributed by atoms with Crippen LogP contribution in [0.3, 0.4) is 0 Å². The molecule has 3 nitrogen and oxygen atoms in total. The maximum Gasteiger partial charge on any atom is 0.141 e. The Bertz CT molecular complexity index is 540. The van der Waals surface area contributed by atoms with E-state index in [0.29, 0.717) is 11.3 Å². The van der Waals surface area contributed by atoms with Gasteiger partial charge in [-0.3, -0.25) is 0 Å². The Labute approximate surface area is 119 Å². The minimum atomic E-state index is 0.413. The van der Waals surface area contributed by atoms with Crippen molar-refractivity contribution in [2.75, 3.05) is 12.4 Å². The van der Waals surface area contributed by atoms with E-state index >= 15 is 0 Å². The number of halogens is 1. The smallest absolute Gasteiger partial charge is 0.141 e. The Morgan fingerprint density at radius 1 is 1.50 bits per heavy atom. The molecule has 0 saturated carbocycles. The van der Waals surface area contributed by atoms with Gasteiger partial charge in [0.15, 0.2) is 0 Å². The van der Waals surface area contributed by atoms with E-state index in [9.17, 15) is 0 Å². The Morgan fingerprint density at radius 2 is 2.44 bits per heavy atom. The van der Waals surface area contributed by atoms with Gasteiger partial charge >= 0.3 is 0 Å². The lowest BCUT2D eigenvalue weighted by molar-refractivity contribution is 0.129. The number of nitrogens with zero attached hydrogens (tertiary/aromatic N) is 2. The molecule has 3 rings (SSSR count). The van der Waals surface area contributed by atoms with Gasteiger partial charge in [-0.1, -0.05) is 11.6 Å². The van der Waals surface area contributed by atoms with Gasteiger partial charge < -0.3 is 4.74 Å². The van der Waals surface area contributed by atoms with Gasteiger partial charge in [-0.2, -0.15) is 11.8 Å². The fourth-order valence-electron chi connectivity index (χ4n) is 1.98. The minimum absolute atomic E-state index is 0.413. The SMILES string of the molecule is Clc1nc(CSCC2CCCO2)nc2sccc12. The molecule has 0 amide bonds. The predicted molar refractivity (Wildman–Crippen MR) is 77.6 cm³/mol. The number of thioether (sulfide) groups is 1. The molecule has 1 atom stereocenters. The van der Waals surface area contributed by atoms with Crippen molar-refractivity contribution in [2.24, 2.45) is 0 Å². The normalized spacial score (nSPS) is 19.7. The molecule has 0 bridgehead atoms. The van der Waals surface area contributed by atoms with Crippen LogP contribution in [0.4, 0.5) is 0 Å². The van der Waals surface area contributed by atoms with E-state index in [1.165, 1.54) is 12.8 Å². The molecule has 0 N–H and O–H groups in total. The Kier molecular flexibility index (Phi) is 4.03. The van der Waals surface area contributed by atoms with E-state index in [1.807, 2.05) is 23.2 Å². The first kappa shape index (κ1) is 12.7. The lowest BCUT2D eigenvalue weighted by atomic mass is 10.3. The number of thiophene rings is 1. The average molecular weight is 301 g/mol. The molecule has 1 saturated heterocycles. The summed E-state index contributed by atoms with van der Waals surface area (Å²) >= 11 is 9.56. The fraction of sp³-hybridized carbons (Fsp3) is 0.500. The van der Waals surface area contributed by atoms with Crippen LogP contribution in [-0.2, 0) is 10.5 Å². The largest absolute Gasteiger partial charge is 0.377 e. The van der Waals surface area contributed by atoms with Crippen molar-refractivity contribution < 1.29 is 4.74 Å². The molecule has 18 heavy (non-hydrogen) atoms. The summed E-state index contributed by atoms with van der Waals surface area (Å²) in [5.74, 6) is 2.63. The summed E-state index contributed by atoms with van der Waals surface area (Å²) in [6.45, 7) is 0.911. The second-order valence-corrected chi connectivity index (χ2v) is 6.50. The number of hydrogen-bond acceptors (Lipinski definition) is 5. The number of fused-ring (bicyclic) bond motifs is 1. The quantitative estimate of drug-likeness (QED) is 0.805. The van der Waals surface area contributed by atoms with Crippen LogP contribution in [0.25, 0.3) is 10.2 Å². The van der Waals surface area contributed by atoms with Gasteiger partial charge in [0.1, 0.15) is 15.8 Å². The van der Waals surface area contributed by atoms with Gasteiger partial charge in [-0.15, -0.1) is 11.3 Å². The van der Waals surface area contributed by atoms with Crippen molar-refractivity contribution in [1.29, 1.82) is 0 Å². The van der Waals surface area contributed by atoms with Gasteiger partial charge in [0.25, 0.3) is 0 Å². The Hall–Kier alpha value is -0.360. The van der Waals surface area contributed by atoms with Crippen LogP contribution >= 0.6 is 34.7 Å². The fourth-order valence-corrected chi connectivity index (χ4v) is 4.03. The highest BCUT2D eigenvalue weighted by Crippen LogP contribution is 2.26. The van der Waals surface area contributed by atoms with E-state index < -0.39 is 0 Å². The topological polar surface area (TPSA) is 35.0 Å². The van der Waals surface area contributed by atoms with Crippen LogP contribution in [0.1, 0.15) is 18.7 Å². The third-order valence-corrected chi connectivity index (χ3v) is 5.05. The summed E-state index contributed by atoms with van der Waals surface area (Å²) in [6, 6.07) is 1.96. The maximum atomic E-state index is 6.13. The molecule has 0 spiro atoms. The van der Waals surface area contributed by atoms with E-state index in [0.717, 1.165) is 34.2 Å². The minimum Gasteiger partial charge on any atom is -0.377 e. The summed E-state index contributed by atoms with van der Waals surface area (Å²) in [4.78, 5) is 9.83. The van der Waals surface area contributed by atoms with Gasteiger partial charge in [0, 0.05) is 17.7 Å². The van der Waals surface area contributed by atoms with E-state index in [4.69, 9.17) is 16.3 Å². The highest BCUT2D eigenvalue weighted by Gasteiger charge is 2.15. The molecule has 0 aliphatic carbocycles. The first-order valence-electron chi connectivity index (χ1n) is 5.92. The van der Waals surface area contributed by atoms with Crippen LogP contribution in [0.2, 0.25) is 5.15 Å². The zero-order valence-corrected chi connectivity index (χ0v) is 12.2. The Morgan fingerprint density at radius 3 is 3.28 bits per heavy atom. The van der Waals surface area contributed by atoms with Crippen molar-refractivity contribution in [3.8, 4) is 0 Å². The summed E-state index contributed by atoms with van der Waals surface area (Å²) in [5.41, 5.74) is 0. The molecule has 1 aliphatic heterocycles. The van der Waals surface area contributed by atoms with Gasteiger partial charge in [0.05, 0.1) is 11.9 Å². The first-order chi connectivity index (χ1) is 8.83. The van der Waals surface area contributed by atoms with Crippen LogP contribution in [0.15, 0.2) is 11.4 Å². The summed E-state index contributed by atoms with van der Waals surface area (Å²) in [6.07, 6.45) is 2.78.